The van der Waals surface area contributed by atoms with Crippen LogP contribution in [0, 0.1) is 0 Å². The average molecular weight is 288 g/mol. The topological polar surface area (TPSA) is 26.3 Å². The third-order valence-electron chi connectivity index (χ3n) is 1.68. The molecule has 1 rings (SSSR count). The molecule has 0 aliphatic carbocycles. The fourth-order valence-electron chi connectivity index (χ4n) is 0.960. The Kier molecular flexibility index (Phi) is 4.13. The van der Waals surface area contributed by atoms with Crippen molar-refractivity contribution >= 4 is 52.2 Å². The number of methoxy groups -OCH3 is 1. The molecule has 1 aromatic rings. The van der Waals surface area contributed by atoms with E-state index in [4.69, 9.17) is 51.1 Å². The van der Waals surface area contributed by atoms with E-state index in [0.717, 1.165) is 0 Å². The molecule has 0 aliphatic rings. The van der Waals surface area contributed by atoms with Crippen molar-refractivity contribution in [3.05, 3.63) is 28.8 Å². The second-order valence-electron chi connectivity index (χ2n) is 2.67. The Labute approximate surface area is 107 Å². The number of halogens is 4. The molecule has 0 amide bonds. The first-order valence-electron chi connectivity index (χ1n) is 3.81. The maximum absolute atomic E-state index is 11.6. The number of rotatable bonds is 2. The molecule has 0 aromatic heterocycles. The minimum Gasteiger partial charge on any atom is -0.497 e. The van der Waals surface area contributed by atoms with E-state index in [2.05, 4.69) is 0 Å². The molecule has 6 heteroatoms. The lowest BCUT2D eigenvalue weighted by Crippen LogP contribution is -2.19. The van der Waals surface area contributed by atoms with Crippen molar-refractivity contribution in [2.45, 2.75) is 3.79 Å². The molecule has 0 heterocycles. The molecular formula is C9H6Cl4O2. The molecule has 0 saturated heterocycles. The van der Waals surface area contributed by atoms with Gasteiger partial charge in [0, 0.05) is 5.56 Å². The van der Waals surface area contributed by atoms with Crippen LogP contribution in [-0.4, -0.2) is 16.7 Å². The van der Waals surface area contributed by atoms with Crippen LogP contribution in [0.1, 0.15) is 10.4 Å². The van der Waals surface area contributed by atoms with Crippen LogP contribution in [0.4, 0.5) is 0 Å². The molecular weight excluding hydrogens is 282 g/mol. The van der Waals surface area contributed by atoms with Gasteiger partial charge in [0.15, 0.2) is 0 Å². The van der Waals surface area contributed by atoms with Gasteiger partial charge in [0.2, 0.25) is 5.78 Å². The molecule has 2 nitrogen and oxygen atoms in total. The third-order valence-corrected chi connectivity index (χ3v) is 2.51. The zero-order valence-corrected chi connectivity index (χ0v) is 10.6. The lowest BCUT2D eigenvalue weighted by atomic mass is 10.1. The van der Waals surface area contributed by atoms with Crippen LogP contribution >= 0.6 is 46.4 Å². The summed E-state index contributed by atoms with van der Waals surface area (Å²) in [7, 11) is 1.49. The summed E-state index contributed by atoms with van der Waals surface area (Å²) in [6.45, 7) is 0. The molecule has 0 atom stereocenters. The van der Waals surface area contributed by atoms with Gasteiger partial charge in [-0.2, -0.15) is 0 Å². The Morgan fingerprint density at radius 1 is 1.33 bits per heavy atom. The van der Waals surface area contributed by atoms with Crippen molar-refractivity contribution in [3.63, 3.8) is 0 Å². The van der Waals surface area contributed by atoms with Crippen LogP contribution in [0.15, 0.2) is 18.2 Å². The number of hydrogen-bond donors (Lipinski definition) is 0. The summed E-state index contributed by atoms with van der Waals surface area (Å²) < 4.78 is 2.92. The molecule has 0 saturated carbocycles. The van der Waals surface area contributed by atoms with E-state index in [9.17, 15) is 4.79 Å². The highest BCUT2D eigenvalue weighted by atomic mass is 35.6. The first-order valence-corrected chi connectivity index (χ1v) is 5.32. The quantitative estimate of drug-likeness (QED) is 0.609. The predicted octanol–water partition coefficient (Wildman–Crippen LogP) is 3.90. The summed E-state index contributed by atoms with van der Waals surface area (Å²) in [5.41, 5.74) is 0.150. The van der Waals surface area contributed by atoms with Crippen molar-refractivity contribution < 1.29 is 9.53 Å². The third kappa shape index (κ3) is 3.15. The number of Topliss-reactive ketones (excluding diaryl/α,β-unsaturated/α-hetero) is 1. The molecule has 0 fully saturated rings. The first-order chi connectivity index (χ1) is 6.86. The summed E-state index contributed by atoms with van der Waals surface area (Å²) in [6, 6.07) is 4.49. The summed E-state index contributed by atoms with van der Waals surface area (Å²) >= 11 is 22.2. The van der Waals surface area contributed by atoms with E-state index < -0.39 is 9.58 Å². The van der Waals surface area contributed by atoms with Gasteiger partial charge in [-0.1, -0.05) is 46.4 Å². The van der Waals surface area contributed by atoms with Crippen LogP contribution in [0.5, 0.6) is 5.75 Å². The number of hydrogen-bond acceptors (Lipinski definition) is 2. The van der Waals surface area contributed by atoms with E-state index in [-0.39, 0.29) is 10.6 Å². The number of carbonyl (C=O) groups excluding carboxylic acids is 1. The van der Waals surface area contributed by atoms with Gasteiger partial charge in [0.25, 0.3) is 3.79 Å². The molecule has 0 unspecified atom stereocenters. The molecule has 0 spiro atoms. The molecule has 15 heavy (non-hydrogen) atoms. The molecule has 82 valence electrons. The minimum absolute atomic E-state index is 0.150. The Balaban J connectivity index is 3.12. The van der Waals surface area contributed by atoms with Crippen LogP contribution in [0.2, 0.25) is 5.02 Å². The molecule has 0 N–H and O–H groups in total. The van der Waals surface area contributed by atoms with Gasteiger partial charge in [-0.3, -0.25) is 4.79 Å². The monoisotopic (exact) mass is 286 g/mol. The van der Waals surface area contributed by atoms with E-state index in [1.165, 1.54) is 19.2 Å². The number of benzene rings is 1. The molecule has 0 aliphatic heterocycles. The zero-order chi connectivity index (χ0) is 11.6. The second-order valence-corrected chi connectivity index (χ2v) is 5.36. The summed E-state index contributed by atoms with van der Waals surface area (Å²) in [6.07, 6.45) is 0. The normalized spacial score (nSPS) is 11.3. The van der Waals surface area contributed by atoms with E-state index in [0.29, 0.717) is 5.75 Å². The maximum atomic E-state index is 11.6. The van der Waals surface area contributed by atoms with Crippen LogP contribution in [0.3, 0.4) is 0 Å². The molecule has 0 radical (unpaired) electrons. The molecule has 1 aromatic carbocycles. The van der Waals surface area contributed by atoms with Gasteiger partial charge in [-0.25, -0.2) is 0 Å². The van der Waals surface area contributed by atoms with Crippen molar-refractivity contribution in [2.75, 3.05) is 7.11 Å². The predicted molar refractivity (Wildman–Crippen MR) is 62.6 cm³/mol. The fourth-order valence-corrected chi connectivity index (χ4v) is 1.52. The number of alkyl halides is 3. The fraction of sp³-hybridized carbons (Fsp3) is 0.222. The van der Waals surface area contributed by atoms with Crippen molar-refractivity contribution in [3.8, 4) is 5.75 Å². The number of ether oxygens (including phenoxy) is 1. The highest BCUT2D eigenvalue weighted by Crippen LogP contribution is 2.33. The SMILES string of the molecule is COc1ccc(C(=O)C(Cl)(Cl)Cl)c(Cl)c1. The smallest absolute Gasteiger partial charge is 0.253 e. The van der Waals surface area contributed by atoms with E-state index in [1.807, 2.05) is 0 Å². The average Bonchev–Trinajstić information content (AvgIpc) is 2.15. The van der Waals surface area contributed by atoms with Crippen molar-refractivity contribution in [1.82, 2.24) is 0 Å². The van der Waals surface area contributed by atoms with Gasteiger partial charge in [-0.05, 0) is 18.2 Å². The summed E-state index contributed by atoms with van der Waals surface area (Å²) in [5.74, 6) is -0.138. The lowest BCUT2D eigenvalue weighted by molar-refractivity contribution is 0.0996. The minimum atomic E-state index is -2.00. The Morgan fingerprint density at radius 2 is 1.93 bits per heavy atom. The molecule has 0 bridgehead atoms. The summed E-state index contributed by atoms with van der Waals surface area (Å²) in [4.78, 5) is 11.6. The van der Waals surface area contributed by atoms with Gasteiger partial charge < -0.3 is 4.74 Å². The Bertz CT molecular complexity index is 384. The zero-order valence-electron chi connectivity index (χ0n) is 7.56. The second kappa shape index (κ2) is 4.79. The highest BCUT2D eigenvalue weighted by molar-refractivity contribution is 6.77. The van der Waals surface area contributed by atoms with Gasteiger partial charge in [0.05, 0.1) is 12.1 Å². The number of ketones is 1. The van der Waals surface area contributed by atoms with E-state index in [1.54, 1.807) is 6.07 Å². The first kappa shape index (κ1) is 12.9. The Hall–Kier alpha value is -0.150. The standard InChI is InChI=1S/C9H6Cl4O2/c1-15-5-2-3-6(7(10)4-5)8(14)9(11,12)13/h2-4H,1H3. The van der Waals surface area contributed by atoms with Crippen LogP contribution in [0.25, 0.3) is 0 Å². The van der Waals surface area contributed by atoms with Crippen molar-refractivity contribution in [1.29, 1.82) is 0 Å². The maximum Gasteiger partial charge on any atom is 0.253 e. The Morgan fingerprint density at radius 3 is 2.33 bits per heavy atom. The van der Waals surface area contributed by atoms with Crippen LogP contribution < -0.4 is 4.74 Å². The van der Waals surface area contributed by atoms with Gasteiger partial charge in [0.1, 0.15) is 5.75 Å². The van der Waals surface area contributed by atoms with Crippen molar-refractivity contribution in [2.24, 2.45) is 0 Å². The van der Waals surface area contributed by atoms with E-state index >= 15 is 0 Å². The number of carbonyl (C=O) groups is 1. The summed E-state index contributed by atoms with van der Waals surface area (Å²) in [5, 5.41) is 0.186. The largest absolute Gasteiger partial charge is 0.497 e. The van der Waals surface area contributed by atoms with Crippen LogP contribution in [-0.2, 0) is 0 Å². The van der Waals surface area contributed by atoms with Gasteiger partial charge in [-0.15, -0.1) is 0 Å². The highest BCUT2D eigenvalue weighted by Gasteiger charge is 2.32. The lowest BCUT2D eigenvalue weighted by Gasteiger charge is -2.11. The van der Waals surface area contributed by atoms with Gasteiger partial charge >= 0.3 is 0 Å².